The molecule has 0 aromatic rings. The largest absolute Gasteiger partial charge is 0.444 e. The van der Waals surface area contributed by atoms with E-state index in [9.17, 15) is 9.59 Å². The zero-order chi connectivity index (χ0) is 13.1. The Kier molecular flexibility index (Phi) is 4.37. The van der Waals surface area contributed by atoms with Crippen molar-refractivity contribution in [2.75, 3.05) is 6.54 Å². The number of nitrogens with two attached hydrogens (primary N) is 1. The van der Waals surface area contributed by atoms with Crippen molar-refractivity contribution in [1.82, 2.24) is 4.90 Å². The maximum Gasteiger partial charge on any atom is 0.410 e. The van der Waals surface area contributed by atoms with Crippen molar-refractivity contribution in [1.29, 1.82) is 0 Å². The standard InChI is InChI=1S/C12H22N2O3/c1-12(2,3)17-11(16)14-8-6-4-5-7-9(14)10(13)15/h9H,4-8H2,1-3H3,(H2,13,15). The highest BCUT2D eigenvalue weighted by molar-refractivity contribution is 5.84. The van der Waals surface area contributed by atoms with Crippen LogP contribution in [-0.2, 0) is 9.53 Å². The second kappa shape index (κ2) is 5.38. The average molecular weight is 242 g/mol. The van der Waals surface area contributed by atoms with Crippen LogP contribution in [0, 0.1) is 0 Å². The molecule has 1 rings (SSSR count). The quantitative estimate of drug-likeness (QED) is 0.760. The molecule has 0 spiro atoms. The molecule has 1 aliphatic heterocycles. The predicted octanol–water partition coefficient (Wildman–Crippen LogP) is 1.65. The highest BCUT2D eigenvalue weighted by atomic mass is 16.6. The number of hydrogen-bond acceptors (Lipinski definition) is 3. The monoisotopic (exact) mass is 242 g/mol. The lowest BCUT2D eigenvalue weighted by molar-refractivity contribution is -0.123. The summed E-state index contributed by atoms with van der Waals surface area (Å²) in [4.78, 5) is 24.8. The molecule has 0 aromatic heterocycles. The Bertz CT molecular complexity index is 297. The summed E-state index contributed by atoms with van der Waals surface area (Å²) in [7, 11) is 0. The molecule has 5 nitrogen and oxygen atoms in total. The smallest absolute Gasteiger partial charge is 0.410 e. The van der Waals surface area contributed by atoms with Gasteiger partial charge in [-0.05, 0) is 33.6 Å². The summed E-state index contributed by atoms with van der Waals surface area (Å²) in [5.74, 6) is -0.447. The first-order chi connectivity index (χ1) is 7.81. The molecular weight excluding hydrogens is 220 g/mol. The molecule has 1 atom stereocenters. The van der Waals surface area contributed by atoms with Crippen LogP contribution in [0.25, 0.3) is 0 Å². The van der Waals surface area contributed by atoms with Gasteiger partial charge in [0.2, 0.25) is 5.91 Å². The molecule has 1 aliphatic rings. The van der Waals surface area contributed by atoms with Gasteiger partial charge in [0.15, 0.2) is 0 Å². The Morgan fingerprint density at radius 3 is 2.41 bits per heavy atom. The molecule has 5 heteroatoms. The van der Waals surface area contributed by atoms with Gasteiger partial charge < -0.3 is 10.5 Å². The van der Waals surface area contributed by atoms with Crippen LogP contribution in [0.3, 0.4) is 0 Å². The summed E-state index contributed by atoms with van der Waals surface area (Å²) in [6.45, 7) is 5.97. The van der Waals surface area contributed by atoms with Crippen molar-refractivity contribution in [3.05, 3.63) is 0 Å². The molecule has 98 valence electrons. The van der Waals surface area contributed by atoms with Crippen LogP contribution < -0.4 is 5.73 Å². The van der Waals surface area contributed by atoms with Gasteiger partial charge in [0.1, 0.15) is 11.6 Å². The van der Waals surface area contributed by atoms with Crippen molar-refractivity contribution < 1.29 is 14.3 Å². The van der Waals surface area contributed by atoms with Crippen LogP contribution in [-0.4, -0.2) is 35.1 Å². The molecule has 1 fully saturated rings. The molecular formula is C12H22N2O3. The van der Waals surface area contributed by atoms with E-state index in [1.165, 1.54) is 4.90 Å². The maximum absolute atomic E-state index is 12.0. The second-order valence-corrected chi connectivity index (χ2v) is 5.44. The van der Waals surface area contributed by atoms with Crippen LogP contribution in [0.4, 0.5) is 4.79 Å². The van der Waals surface area contributed by atoms with Crippen LogP contribution in [0.15, 0.2) is 0 Å². The summed E-state index contributed by atoms with van der Waals surface area (Å²) >= 11 is 0. The number of likely N-dealkylation sites (tertiary alicyclic amines) is 1. The summed E-state index contributed by atoms with van der Waals surface area (Å²) < 4.78 is 5.29. The number of primary amides is 1. The SMILES string of the molecule is CC(C)(C)OC(=O)N1CCCCCC1C(N)=O. The van der Waals surface area contributed by atoms with E-state index >= 15 is 0 Å². The predicted molar refractivity (Wildman–Crippen MR) is 64.4 cm³/mol. The van der Waals surface area contributed by atoms with Gasteiger partial charge in [0, 0.05) is 6.54 Å². The third-order valence-electron chi connectivity index (χ3n) is 2.71. The Labute approximate surface area is 102 Å². The fourth-order valence-corrected chi connectivity index (χ4v) is 1.94. The van der Waals surface area contributed by atoms with Crippen molar-refractivity contribution in [3.63, 3.8) is 0 Å². The number of hydrogen-bond donors (Lipinski definition) is 1. The molecule has 17 heavy (non-hydrogen) atoms. The fraction of sp³-hybridized carbons (Fsp3) is 0.833. The van der Waals surface area contributed by atoms with E-state index in [1.807, 2.05) is 20.8 Å². The molecule has 2 N–H and O–H groups in total. The fourth-order valence-electron chi connectivity index (χ4n) is 1.94. The first kappa shape index (κ1) is 13.8. The third kappa shape index (κ3) is 4.24. The molecule has 0 bridgehead atoms. The normalized spacial score (nSPS) is 21.8. The average Bonchev–Trinajstić information content (AvgIpc) is 2.39. The topological polar surface area (TPSA) is 72.6 Å². The van der Waals surface area contributed by atoms with Gasteiger partial charge >= 0.3 is 6.09 Å². The summed E-state index contributed by atoms with van der Waals surface area (Å²) in [6.07, 6.45) is 3.02. The van der Waals surface area contributed by atoms with Gasteiger partial charge in [-0.1, -0.05) is 12.8 Å². The van der Waals surface area contributed by atoms with Crippen molar-refractivity contribution >= 4 is 12.0 Å². The zero-order valence-electron chi connectivity index (χ0n) is 10.9. The Balaban J connectivity index is 2.75. The number of amides is 2. The summed E-state index contributed by atoms with van der Waals surface area (Å²) in [5.41, 5.74) is 4.79. The minimum atomic E-state index is -0.550. The Morgan fingerprint density at radius 2 is 1.88 bits per heavy atom. The lowest BCUT2D eigenvalue weighted by Crippen LogP contribution is -2.49. The van der Waals surface area contributed by atoms with Crippen LogP contribution in [0.5, 0.6) is 0 Å². The van der Waals surface area contributed by atoms with Crippen molar-refractivity contribution in [2.24, 2.45) is 5.73 Å². The summed E-state index contributed by atoms with van der Waals surface area (Å²) in [6, 6.07) is -0.521. The number of nitrogens with zero attached hydrogens (tertiary/aromatic N) is 1. The third-order valence-corrected chi connectivity index (χ3v) is 2.71. The van der Waals surface area contributed by atoms with Gasteiger partial charge in [-0.15, -0.1) is 0 Å². The van der Waals surface area contributed by atoms with Crippen molar-refractivity contribution in [3.8, 4) is 0 Å². The minimum Gasteiger partial charge on any atom is -0.444 e. The van der Waals surface area contributed by atoms with E-state index in [-0.39, 0.29) is 0 Å². The number of rotatable bonds is 1. The van der Waals surface area contributed by atoms with Crippen LogP contribution >= 0.6 is 0 Å². The molecule has 1 unspecified atom stereocenters. The van der Waals surface area contributed by atoms with E-state index in [0.29, 0.717) is 13.0 Å². The highest BCUT2D eigenvalue weighted by Crippen LogP contribution is 2.19. The second-order valence-electron chi connectivity index (χ2n) is 5.44. The molecule has 1 saturated heterocycles. The molecule has 0 radical (unpaired) electrons. The zero-order valence-corrected chi connectivity index (χ0v) is 10.9. The van der Waals surface area contributed by atoms with Gasteiger partial charge in [0.25, 0.3) is 0 Å². The van der Waals surface area contributed by atoms with Crippen molar-refractivity contribution in [2.45, 2.75) is 58.1 Å². The highest BCUT2D eigenvalue weighted by Gasteiger charge is 2.32. The van der Waals surface area contributed by atoms with E-state index in [0.717, 1.165) is 19.3 Å². The Morgan fingerprint density at radius 1 is 1.24 bits per heavy atom. The van der Waals surface area contributed by atoms with Gasteiger partial charge in [-0.25, -0.2) is 4.79 Å². The molecule has 1 heterocycles. The van der Waals surface area contributed by atoms with Crippen LogP contribution in [0.2, 0.25) is 0 Å². The van der Waals surface area contributed by atoms with E-state index < -0.39 is 23.6 Å². The molecule has 0 saturated carbocycles. The lowest BCUT2D eigenvalue weighted by atomic mass is 10.1. The van der Waals surface area contributed by atoms with Gasteiger partial charge in [-0.3, -0.25) is 9.69 Å². The Hall–Kier alpha value is -1.26. The summed E-state index contributed by atoms with van der Waals surface area (Å²) in [5, 5.41) is 0. The first-order valence-electron chi connectivity index (χ1n) is 6.10. The molecule has 2 amide bonds. The number of ether oxygens (including phenoxy) is 1. The molecule has 0 aromatic carbocycles. The molecule has 0 aliphatic carbocycles. The van der Waals surface area contributed by atoms with E-state index in [2.05, 4.69) is 0 Å². The van der Waals surface area contributed by atoms with Gasteiger partial charge in [0.05, 0.1) is 0 Å². The van der Waals surface area contributed by atoms with E-state index in [4.69, 9.17) is 10.5 Å². The lowest BCUT2D eigenvalue weighted by Gasteiger charge is -2.30. The number of carbonyl (C=O) groups is 2. The van der Waals surface area contributed by atoms with Crippen LogP contribution in [0.1, 0.15) is 46.5 Å². The first-order valence-corrected chi connectivity index (χ1v) is 6.10. The minimum absolute atomic E-state index is 0.441. The maximum atomic E-state index is 12.0. The number of carbonyl (C=O) groups excluding carboxylic acids is 2. The van der Waals surface area contributed by atoms with E-state index in [1.54, 1.807) is 0 Å². The van der Waals surface area contributed by atoms with Gasteiger partial charge in [-0.2, -0.15) is 0 Å².